The Bertz CT molecular complexity index is 368. The number of hydrogen-bond donors (Lipinski definition) is 1. The van der Waals surface area contributed by atoms with Gasteiger partial charge < -0.3 is 5.32 Å². The van der Waals surface area contributed by atoms with Crippen LogP contribution in [0.1, 0.15) is 25.3 Å². The van der Waals surface area contributed by atoms with E-state index in [0.717, 1.165) is 12.8 Å². The predicted molar refractivity (Wildman–Crippen MR) is 70.7 cm³/mol. The Labute approximate surface area is 110 Å². The van der Waals surface area contributed by atoms with E-state index in [2.05, 4.69) is 28.2 Å². The van der Waals surface area contributed by atoms with Crippen LogP contribution in [0.3, 0.4) is 0 Å². The summed E-state index contributed by atoms with van der Waals surface area (Å²) in [5, 5.41) is 2.82. The second-order valence-electron chi connectivity index (χ2n) is 4.08. The van der Waals surface area contributed by atoms with Crippen molar-refractivity contribution in [3.63, 3.8) is 0 Å². The molecule has 17 heavy (non-hydrogen) atoms. The number of amides is 1. The minimum absolute atomic E-state index is 0.0576. The summed E-state index contributed by atoms with van der Waals surface area (Å²) in [5.74, 6) is -0.360. The van der Waals surface area contributed by atoms with Gasteiger partial charge in [0.15, 0.2) is 0 Å². The monoisotopic (exact) mass is 301 g/mol. The Kier molecular flexibility index (Phi) is 6.19. The number of alkyl halides is 1. The summed E-state index contributed by atoms with van der Waals surface area (Å²) >= 11 is 3.45. The SMILES string of the molecule is CC(Br)CCCNC(=O)Cc1cccc(F)c1. The van der Waals surface area contributed by atoms with Crippen LogP contribution in [-0.4, -0.2) is 17.3 Å². The molecule has 0 bridgehead atoms. The summed E-state index contributed by atoms with van der Waals surface area (Å²) in [7, 11) is 0. The van der Waals surface area contributed by atoms with Crippen LogP contribution in [0.4, 0.5) is 4.39 Å². The average molecular weight is 302 g/mol. The first-order valence-corrected chi connectivity index (χ1v) is 6.64. The maximum absolute atomic E-state index is 12.9. The zero-order chi connectivity index (χ0) is 12.7. The van der Waals surface area contributed by atoms with Crippen LogP contribution in [0.15, 0.2) is 24.3 Å². The van der Waals surface area contributed by atoms with Gasteiger partial charge in [-0.1, -0.05) is 35.0 Å². The van der Waals surface area contributed by atoms with E-state index < -0.39 is 0 Å². The van der Waals surface area contributed by atoms with Crippen molar-refractivity contribution in [2.75, 3.05) is 6.54 Å². The van der Waals surface area contributed by atoms with Crippen molar-refractivity contribution in [2.45, 2.75) is 31.0 Å². The average Bonchev–Trinajstić information content (AvgIpc) is 2.24. The lowest BCUT2D eigenvalue weighted by molar-refractivity contribution is -0.120. The van der Waals surface area contributed by atoms with Gasteiger partial charge in [0.05, 0.1) is 6.42 Å². The van der Waals surface area contributed by atoms with Crippen LogP contribution in [0.25, 0.3) is 0 Å². The summed E-state index contributed by atoms with van der Waals surface area (Å²) in [6.45, 7) is 2.75. The van der Waals surface area contributed by atoms with Crippen LogP contribution in [0, 0.1) is 5.82 Å². The van der Waals surface area contributed by atoms with E-state index in [0.29, 0.717) is 16.9 Å². The first kappa shape index (κ1) is 14.2. The second kappa shape index (κ2) is 7.43. The fourth-order valence-corrected chi connectivity index (χ4v) is 1.83. The predicted octanol–water partition coefficient (Wildman–Crippen LogP) is 3.05. The molecule has 0 saturated heterocycles. The highest BCUT2D eigenvalue weighted by Gasteiger charge is 2.04. The van der Waals surface area contributed by atoms with E-state index in [-0.39, 0.29) is 18.1 Å². The highest BCUT2D eigenvalue weighted by molar-refractivity contribution is 9.09. The molecule has 1 unspecified atom stereocenters. The van der Waals surface area contributed by atoms with E-state index in [1.54, 1.807) is 12.1 Å². The van der Waals surface area contributed by atoms with Gasteiger partial charge in [-0.15, -0.1) is 0 Å². The van der Waals surface area contributed by atoms with Crippen molar-refractivity contribution in [1.82, 2.24) is 5.32 Å². The maximum Gasteiger partial charge on any atom is 0.224 e. The van der Waals surface area contributed by atoms with Gasteiger partial charge in [-0.05, 0) is 30.5 Å². The van der Waals surface area contributed by atoms with Gasteiger partial charge in [0, 0.05) is 11.4 Å². The normalized spacial score (nSPS) is 12.2. The molecule has 0 fully saturated rings. The first-order chi connectivity index (χ1) is 8.08. The zero-order valence-corrected chi connectivity index (χ0v) is 11.5. The van der Waals surface area contributed by atoms with Crippen LogP contribution < -0.4 is 5.32 Å². The lowest BCUT2D eigenvalue weighted by Crippen LogP contribution is -2.26. The molecular weight excluding hydrogens is 285 g/mol. The van der Waals surface area contributed by atoms with Crippen molar-refractivity contribution in [3.8, 4) is 0 Å². The second-order valence-corrected chi connectivity index (χ2v) is 5.64. The fourth-order valence-electron chi connectivity index (χ4n) is 1.51. The number of benzene rings is 1. The summed E-state index contributed by atoms with van der Waals surface area (Å²) in [6, 6.07) is 6.13. The van der Waals surface area contributed by atoms with E-state index in [9.17, 15) is 9.18 Å². The Morgan fingerprint density at radius 1 is 1.53 bits per heavy atom. The maximum atomic E-state index is 12.9. The molecule has 1 N–H and O–H groups in total. The van der Waals surface area contributed by atoms with Crippen LogP contribution >= 0.6 is 15.9 Å². The van der Waals surface area contributed by atoms with Crippen molar-refractivity contribution in [2.24, 2.45) is 0 Å². The van der Waals surface area contributed by atoms with Gasteiger partial charge in [0.1, 0.15) is 5.82 Å². The lowest BCUT2D eigenvalue weighted by atomic mass is 10.1. The number of nitrogens with one attached hydrogen (secondary N) is 1. The highest BCUT2D eigenvalue weighted by atomic mass is 79.9. The Morgan fingerprint density at radius 2 is 2.29 bits per heavy atom. The molecular formula is C13H17BrFNO. The molecule has 1 rings (SSSR count). The molecule has 0 aliphatic heterocycles. The van der Waals surface area contributed by atoms with Crippen molar-refractivity contribution in [3.05, 3.63) is 35.6 Å². The van der Waals surface area contributed by atoms with E-state index in [1.807, 2.05) is 0 Å². The molecule has 1 atom stereocenters. The van der Waals surface area contributed by atoms with E-state index in [1.165, 1.54) is 12.1 Å². The van der Waals surface area contributed by atoms with Crippen molar-refractivity contribution in [1.29, 1.82) is 0 Å². The molecule has 2 nitrogen and oxygen atoms in total. The third-order valence-electron chi connectivity index (χ3n) is 2.35. The number of rotatable bonds is 6. The van der Waals surface area contributed by atoms with Gasteiger partial charge in [0.2, 0.25) is 5.91 Å². The van der Waals surface area contributed by atoms with Gasteiger partial charge >= 0.3 is 0 Å². The minimum Gasteiger partial charge on any atom is -0.356 e. The summed E-state index contributed by atoms with van der Waals surface area (Å²) in [4.78, 5) is 12.0. The molecule has 0 heterocycles. The van der Waals surface area contributed by atoms with Gasteiger partial charge in [-0.2, -0.15) is 0 Å². The smallest absolute Gasteiger partial charge is 0.224 e. The fraction of sp³-hybridized carbons (Fsp3) is 0.462. The molecule has 4 heteroatoms. The first-order valence-electron chi connectivity index (χ1n) is 5.73. The Morgan fingerprint density at radius 3 is 2.94 bits per heavy atom. The lowest BCUT2D eigenvalue weighted by Gasteiger charge is -2.06. The molecule has 1 amide bonds. The minimum atomic E-state index is -0.302. The summed E-state index contributed by atoms with van der Waals surface area (Å²) in [5.41, 5.74) is 0.705. The highest BCUT2D eigenvalue weighted by Crippen LogP contribution is 2.06. The molecule has 1 aromatic carbocycles. The molecule has 0 aromatic heterocycles. The number of halogens is 2. The summed E-state index contributed by atoms with van der Waals surface area (Å²) in [6.07, 6.45) is 2.21. The van der Waals surface area contributed by atoms with Crippen LogP contribution in [0.2, 0.25) is 0 Å². The van der Waals surface area contributed by atoms with E-state index >= 15 is 0 Å². The Hall–Kier alpha value is -0.900. The molecule has 94 valence electrons. The zero-order valence-electron chi connectivity index (χ0n) is 9.88. The standard InChI is InChI=1S/C13H17BrFNO/c1-10(14)4-3-7-16-13(17)9-11-5-2-6-12(15)8-11/h2,5-6,8,10H,3-4,7,9H2,1H3,(H,16,17). The molecule has 0 saturated carbocycles. The quantitative estimate of drug-likeness (QED) is 0.635. The van der Waals surface area contributed by atoms with Crippen molar-refractivity contribution < 1.29 is 9.18 Å². The molecule has 1 aromatic rings. The van der Waals surface area contributed by atoms with Crippen LogP contribution in [0.5, 0.6) is 0 Å². The topological polar surface area (TPSA) is 29.1 Å². The molecule has 0 spiro atoms. The largest absolute Gasteiger partial charge is 0.356 e. The number of hydrogen-bond acceptors (Lipinski definition) is 1. The third kappa shape index (κ3) is 6.41. The van der Waals surface area contributed by atoms with Crippen molar-refractivity contribution >= 4 is 21.8 Å². The van der Waals surface area contributed by atoms with E-state index in [4.69, 9.17) is 0 Å². The third-order valence-corrected chi connectivity index (χ3v) is 2.81. The van der Waals surface area contributed by atoms with Gasteiger partial charge in [0.25, 0.3) is 0 Å². The molecule has 0 radical (unpaired) electrons. The number of carbonyl (C=O) groups excluding carboxylic acids is 1. The summed E-state index contributed by atoms with van der Waals surface area (Å²) < 4.78 is 12.9. The molecule has 0 aliphatic carbocycles. The number of carbonyl (C=O) groups is 1. The van der Waals surface area contributed by atoms with Gasteiger partial charge in [-0.25, -0.2) is 4.39 Å². The molecule has 0 aliphatic rings. The van der Waals surface area contributed by atoms with Gasteiger partial charge in [-0.3, -0.25) is 4.79 Å². The Balaban J connectivity index is 2.25. The van der Waals surface area contributed by atoms with Crippen LogP contribution in [-0.2, 0) is 11.2 Å².